The summed E-state index contributed by atoms with van der Waals surface area (Å²) in [5.41, 5.74) is 7.64. The fourth-order valence-electron chi connectivity index (χ4n) is 3.83. The van der Waals surface area contributed by atoms with E-state index >= 15 is 0 Å². The van der Waals surface area contributed by atoms with Crippen LogP contribution in [0.25, 0.3) is 0 Å². The Hall–Kier alpha value is -5.25. The molecule has 0 saturated heterocycles. The molecule has 3 rings (SSSR count). The maximum absolute atomic E-state index is 13.4. The van der Waals surface area contributed by atoms with Gasteiger partial charge in [-0.15, -0.1) is 0 Å². The van der Waals surface area contributed by atoms with E-state index in [-0.39, 0.29) is 25.0 Å². The SMILES string of the molecule is NC(Cc1ccc(O)cc1)C(=O)NC(Cc1cnc[nH]1)C(=O)NC(Cc1cnc[nH]1)C(=O)NC(CC(=O)O)C(=O)O. The summed E-state index contributed by atoms with van der Waals surface area (Å²) in [6.45, 7) is 0. The number of benzene rings is 1. The Bertz CT molecular complexity index is 1330. The van der Waals surface area contributed by atoms with Crippen molar-refractivity contribution in [2.45, 2.75) is 49.9 Å². The van der Waals surface area contributed by atoms with E-state index in [4.69, 9.17) is 10.8 Å². The Balaban J connectivity index is 1.77. The maximum Gasteiger partial charge on any atom is 0.326 e. The smallest absolute Gasteiger partial charge is 0.326 e. The number of carbonyl (C=O) groups excluding carboxylic acids is 3. The number of nitrogens with one attached hydrogen (secondary N) is 5. The van der Waals surface area contributed by atoms with Crippen molar-refractivity contribution in [3.05, 3.63) is 66.3 Å². The average Bonchev–Trinajstić information content (AvgIpc) is 3.63. The van der Waals surface area contributed by atoms with Crippen molar-refractivity contribution in [2.75, 3.05) is 0 Å². The number of aromatic amines is 2. The van der Waals surface area contributed by atoms with Crippen LogP contribution in [0.2, 0.25) is 0 Å². The molecule has 2 heterocycles. The lowest BCUT2D eigenvalue weighted by Crippen LogP contribution is -2.58. The number of aliphatic carboxylic acids is 2. The van der Waals surface area contributed by atoms with Gasteiger partial charge in [0.05, 0.1) is 25.1 Å². The molecule has 0 bridgehead atoms. The number of aromatic nitrogens is 4. The molecule has 10 N–H and O–H groups in total. The first kappa shape index (κ1) is 30.3. The zero-order chi connectivity index (χ0) is 29.9. The summed E-state index contributed by atoms with van der Waals surface area (Å²) in [5, 5.41) is 35.0. The zero-order valence-corrected chi connectivity index (χ0v) is 21.6. The summed E-state index contributed by atoms with van der Waals surface area (Å²) in [5.74, 6) is -5.39. The molecular weight excluding hydrogens is 540 g/mol. The lowest BCUT2D eigenvalue weighted by atomic mass is 10.0. The molecule has 41 heavy (non-hydrogen) atoms. The number of carboxylic acid groups (broad SMARTS) is 2. The molecule has 16 nitrogen and oxygen atoms in total. The third kappa shape index (κ3) is 9.47. The van der Waals surface area contributed by atoms with Crippen molar-refractivity contribution >= 4 is 29.7 Å². The van der Waals surface area contributed by atoms with E-state index in [0.29, 0.717) is 17.0 Å². The van der Waals surface area contributed by atoms with Gasteiger partial charge < -0.3 is 47.0 Å². The molecule has 0 aliphatic heterocycles. The minimum absolute atomic E-state index is 0.0504. The van der Waals surface area contributed by atoms with Gasteiger partial charge in [-0.2, -0.15) is 0 Å². The molecule has 0 radical (unpaired) electrons. The van der Waals surface area contributed by atoms with Gasteiger partial charge in [-0.25, -0.2) is 14.8 Å². The Labute approximate surface area is 232 Å². The highest BCUT2D eigenvalue weighted by atomic mass is 16.4. The van der Waals surface area contributed by atoms with Crippen LogP contribution < -0.4 is 21.7 Å². The van der Waals surface area contributed by atoms with Crippen molar-refractivity contribution in [1.29, 1.82) is 0 Å². The number of carboxylic acids is 2. The first-order valence-corrected chi connectivity index (χ1v) is 12.4. The summed E-state index contributed by atoms with van der Waals surface area (Å²) >= 11 is 0. The van der Waals surface area contributed by atoms with Gasteiger partial charge in [0.2, 0.25) is 17.7 Å². The van der Waals surface area contributed by atoms with Gasteiger partial charge in [0.15, 0.2) is 0 Å². The zero-order valence-electron chi connectivity index (χ0n) is 21.6. The van der Waals surface area contributed by atoms with Crippen molar-refractivity contribution in [3.8, 4) is 5.75 Å². The first-order valence-electron chi connectivity index (χ1n) is 12.4. The molecule has 4 unspecified atom stereocenters. The molecule has 0 saturated carbocycles. The largest absolute Gasteiger partial charge is 0.508 e. The molecule has 16 heteroatoms. The van der Waals surface area contributed by atoms with Gasteiger partial charge in [0.25, 0.3) is 0 Å². The minimum Gasteiger partial charge on any atom is -0.508 e. The van der Waals surface area contributed by atoms with Crippen LogP contribution >= 0.6 is 0 Å². The monoisotopic (exact) mass is 570 g/mol. The van der Waals surface area contributed by atoms with Gasteiger partial charge in [-0.05, 0) is 24.1 Å². The Kier molecular flexibility index (Phi) is 10.5. The van der Waals surface area contributed by atoms with Gasteiger partial charge in [-0.1, -0.05) is 12.1 Å². The number of phenolic OH excluding ortho intramolecular Hbond substituents is 1. The Morgan fingerprint density at radius 3 is 1.68 bits per heavy atom. The van der Waals surface area contributed by atoms with Gasteiger partial charge >= 0.3 is 11.9 Å². The number of rotatable bonds is 15. The van der Waals surface area contributed by atoms with E-state index in [9.17, 15) is 34.2 Å². The van der Waals surface area contributed by atoms with E-state index in [0.717, 1.165) is 0 Å². The van der Waals surface area contributed by atoms with E-state index in [1.165, 1.54) is 37.2 Å². The summed E-state index contributed by atoms with van der Waals surface area (Å²) in [7, 11) is 0. The van der Waals surface area contributed by atoms with Crippen LogP contribution in [-0.2, 0) is 43.2 Å². The van der Waals surface area contributed by atoms with Crippen molar-refractivity contribution in [2.24, 2.45) is 5.73 Å². The number of hydrogen-bond donors (Lipinski definition) is 9. The Morgan fingerprint density at radius 1 is 0.756 bits per heavy atom. The third-order valence-electron chi connectivity index (χ3n) is 5.95. The third-order valence-corrected chi connectivity index (χ3v) is 5.95. The highest BCUT2D eigenvalue weighted by molar-refractivity contribution is 5.95. The quantitative estimate of drug-likeness (QED) is 0.0984. The number of hydrogen-bond acceptors (Lipinski definition) is 9. The van der Waals surface area contributed by atoms with E-state index in [2.05, 4.69) is 35.9 Å². The minimum atomic E-state index is -1.75. The summed E-state index contributed by atoms with van der Waals surface area (Å²) < 4.78 is 0. The number of imidazole rings is 2. The fourth-order valence-corrected chi connectivity index (χ4v) is 3.83. The molecule has 0 fully saturated rings. The molecule has 3 amide bonds. The lowest BCUT2D eigenvalue weighted by molar-refractivity contribution is -0.147. The summed E-state index contributed by atoms with van der Waals surface area (Å²) in [4.78, 5) is 75.3. The normalized spacial score (nSPS) is 13.8. The fraction of sp³-hybridized carbons (Fsp3) is 0.320. The lowest BCUT2D eigenvalue weighted by Gasteiger charge is -2.24. The second kappa shape index (κ2) is 14.2. The van der Waals surface area contributed by atoms with Crippen LogP contribution in [-0.4, -0.2) is 89.1 Å². The molecule has 0 spiro atoms. The standard InChI is InChI=1S/C25H30N8O8/c26-17(5-13-1-3-16(34)4-2-13)22(37)31-18(6-14-9-27-11-29-14)23(38)32-19(7-15-10-28-12-30-15)24(39)33-20(25(40)41)8-21(35)36/h1-4,9-12,17-20,34H,5-8,26H2,(H,27,29)(H,28,30)(H,31,37)(H,32,38)(H,33,39)(H,35,36)(H,40,41). The van der Waals surface area contributed by atoms with Crippen molar-refractivity contribution < 1.29 is 39.3 Å². The number of amides is 3. The van der Waals surface area contributed by atoms with Crippen molar-refractivity contribution in [1.82, 2.24) is 35.9 Å². The number of nitrogens with two attached hydrogens (primary N) is 1. The highest BCUT2D eigenvalue weighted by Gasteiger charge is 2.32. The average molecular weight is 571 g/mol. The van der Waals surface area contributed by atoms with E-state index in [1.54, 1.807) is 12.1 Å². The summed E-state index contributed by atoms with van der Waals surface area (Å²) in [6, 6.07) is 0.684. The van der Waals surface area contributed by atoms with E-state index < -0.39 is 60.2 Å². The Morgan fingerprint density at radius 2 is 1.24 bits per heavy atom. The second-order valence-electron chi connectivity index (χ2n) is 9.16. The molecule has 0 aliphatic rings. The van der Waals surface area contributed by atoms with Crippen LogP contribution in [0.3, 0.4) is 0 Å². The first-order chi connectivity index (χ1) is 19.5. The molecule has 4 atom stereocenters. The van der Waals surface area contributed by atoms with Crippen molar-refractivity contribution in [3.63, 3.8) is 0 Å². The number of carbonyl (C=O) groups is 5. The second-order valence-corrected chi connectivity index (χ2v) is 9.16. The molecule has 2 aromatic heterocycles. The highest BCUT2D eigenvalue weighted by Crippen LogP contribution is 2.11. The predicted molar refractivity (Wildman–Crippen MR) is 140 cm³/mol. The van der Waals surface area contributed by atoms with Gasteiger partial charge in [0, 0.05) is 36.6 Å². The predicted octanol–water partition coefficient (Wildman–Crippen LogP) is -1.79. The molecule has 1 aromatic carbocycles. The number of nitrogens with zero attached hydrogens (tertiary/aromatic N) is 2. The van der Waals surface area contributed by atoms with Crippen LogP contribution in [0.15, 0.2) is 49.3 Å². The van der Waals surface area contributed by atoms with E-state index in [1.807, 2.05) is 0 Å². The van der Waals surface area contributed by atoms with Crippen LogP contribution in [0.1, 0.15) is 23.4 Å². The summed E-state index contributed by atoms with van der Waals surface area (Å²) in [6.07, 6.45) is 4.57. The number of phenols is 1. The topological polar surface area (TPSA) is 266 Å². The molecule has 0 aliphatic carbocycles. The van der Waals surface area contributed by atoms with Gasteiger partial charge in [-0.3, -0.25) is 19.2 Å². The maximum atomic E-state index is 13.4. The molecular formula is C25H30N8O8. The number of H-pyrrole nitrogens is 2. The van der Waals surface area contributed by atoms with Gasteiger partial charge in [0.1, 0.15) is 23.9 Å². The molecule has 218 valence electrons. The van der Waals surface area contributed by atoms with Crippen LogP contribution in [0.4, 0.5) is 0 Å². The van der Waals surface area contributed by atoms with Crippen LogP contribution in [0, 0.1) is 0 Å². The molecule has 3 aromatic rings. The van der Waals surface area contributed by atoms with Crippen LogP contribution in [0.5, 0.6) is 5.75 Å². The number of aromatic hydroxyl groups is 1.